The van der Waals surface area contributed by atoms with E-state index in [4.69, 9.17) is 17.0 Å². The van der Waals surface area contributed by atoms with E-state index in [1.807, 2.05) is 24.3 Å². The van der Waals surface area contributed by atoms with E-state index in [0.717, 1.165) is 17.9 Å². The maximum absolute atomic E-state index is 5.08. The van der Waals surface area contributed by atoms with Gasteiger partial charge in [-0.15, -0.1) is 0 Å². The van der Waals surface area contributed by atoms with Gasteiger partial charge in [-0.1, -0.05) is 13.8 Å². The SMILES string of the molecule is COc1ccc(/C=N/NC(=S)NCC(C)C)cc1. The van der Waals surface area contributed by atoms with E-state index in [2.05, 4.69) is 29.7 Å². The quantitative estimate of drug-likeness (QED) is 0.486. The molecule has 0 aliphatic carbocycles. The second kappa shape index (κ2) is 7.66. The van der Waals surface area contributed by atoms with E-state index in [9.17, 15) is 0 Å². The van der Waals surface area contributed by atoms with Crippen LogP contribution < -0.4 is 15.5 Å². The highest BCUT2D eigenvalue weighted by Gasteiger charge is 1.95. The summed E-state index contributed by atoms with van der Waals surface area (Å²) in [4.78, 5) is 0. The Balaban J connectivity index is 2.37. The average molecular weight is 265 g/mol. The van der Waals surface area contributed by atoms with E-state index in [1.165, 1.54) is 0 Å². The summed E-state index contributed by atoms with van der Waals surface area (Å²) in [6, 6.07) is 7.62. The van der Waals surface area contributed by atoms with Crippen molar-refractivity contribution >= 4 is 23.5 Å². The van der Waals surface area contributed by atoms with Crippen LogP contribution in [0.15, 0.2) is 29.4 Å². The summed E-state index contributed by atoms with van der Waals surface area (Å²) in [6.45, 7) is 5.08. The first-order valence-electron chi connectivity index (χ1n) is 5.82. The molecular formula is C13H19N3OS. The Kier molecular flexibility index (Phi) is 6.14. The summed E-state index contributed by atoms with van der Waals surface area (Å²) in [5.74, 6) is 1.38. The number of thiocarbonyl (C=S) groups is 1. The Hall–Kier alpha value is -1.62. The van der Waals surface area contributed by atoms with Gasteiger partial charge in [0.05, 0.1) is 13.3 Å². The first kappa shape index (κ1) is 14.4. The van der Waals surface area contributed by atoms with E-state index in [-0.39, 0.29) is 0 Å². The number of benzene rings is 1. The van der Waals surface area contributed by atoms with Crippen LogP contribution in [-0.2, 0) is 0 Å². The molecule has 1 aromatic rings. The number of nitrogens with one attached hydrogen (secondary N) is 2. The number of ether oxygens (including phenoxy) is 1. The van der Waals surface area contributed by atoms with Crippen molar-refractivity contribution in [3.05, 3.63) is 29.8 Å². The highest BCUT2D eigenvalue weighted by molar-refractivity contribution is 7.80. The summed E-state index contributed by atoms with van der Waals surface area (Å²) in [7, 11) is 1.64. The fourth-order valence-electron chi connectivity index (χ4n) is 1.19. The molecule has 0 amide bonds. The summed E-state index contributed by atoms with van der Waals surface area (Å²) in [6.07, 6.45) is 1.71. The van der Waals surface area contributed by atoms with Gasteiger partial charge in [0.2, 0.25) is 0 Å². The molecule has 0 aliphatic rings. The van der Waals surface area contributed by atoms with Gasteiger partial charge in [0.1, 0.15) is 5.75 Å². The Labute approximate surface area is 113 Å². The fraction of sp³-hybridized carbons (Fsp3) is 0.385. The molecule has 0 saturated carbocycles. The zero-order valence-electron chi connectivity index (χ0n) is 10.9. The van der Waals surface area contributed by atoms with Crippen molar-refractivity contribution in [1.29, 1.82) is 0 Å². The summed E-state index contributed by atoms with van der Waals surface area (Å²) in [5, 5.41) is 7.66. The highest BCUT2D eigenvalue weighted by Crippen LogP contribution is 2.09. The van der Waals surface area contributed by atoms with Crippen LogP contribution in [0.25, 0.3) is 0 Å². The Morgan fingerprint density at radius 2 is 2.06 bits per heavy atom. The Morgan fingerprint density at radius 1 is 1.39 bits per heavy atom. The number of hydrogen-bond acceptors (Lipinski definition) is 3. The summed E-state index contributed by atoms with van der Waals surface area (Å²) >= 11 is 5.07. The third-order valence-corrected chi connectivity index (χ3v) is 2.40. The van der Waals surface area contributed by atoms with E-state index in [0.29, 0.717) is 11.0 Å². The summed E-state index contributed by atoms with van der Waals surface area (Å²) in [5.41, 5.74) is 3.76. The largest absolute Gasteiger partial charge is 0.497 e. The van der Waals surface area contributed by atoms with Crippen molar-refractivity contribution in [1.82, 2.24) is 10.7 Å². The molecule has 1 aromatic carbocycles. The van der Waals surface area contributed by atoms with Crippen molar-refractivity contribution < 1.29 is 4.74 Å². The number of nitrogens with zero attached hydrogens (tertiary/aromatic N) is 1. The molecule has 0 bridgehead atoms. The van der Waals surface area contributed by atoms with Crippen LogP contribution in [0.5, 0.6) is 5.75 Å². The van der Waals surface area contributed by atoms with Crippen LogP contribution in [0.4, 0.5) is 0 Å². The second-order valence-electron chi connectivity index (χ2n) is 4.25. The third-order valence-electron chi connectivity index (χ3n) is 2.17. The summed E-state index contributed by atoms with van der Waals surface area (Å²) < 4.78 is 5.08. The first-order valence-corrected chi connectivity index (χ1v) is 6.23. The van der Waals surface area contributed by atoms with E-state index < -0.39 is 0 Å². The molecule has 0 atom stereocenters. The van der Waals surface area contributed by atoms with Gasteiger partial charge in [0.25, 0.3) is 0 Å². The molecule has 5 heteroatoms. The maximum atomic E-state index is 5.08. The highest BCUT2D eigenvalue weighted by atomic mass is 32.1. The smallest absolute Gasteiger partial charge is 0.186 e. The van der Waals surface area contributed by atoms with Gasteiger partial charge in [-0.05, 0) is 48.0 Å². The predicted molar refractivity (Wildman–Crippen MR) is 79.2 cm³/mol. The van der Waals surface area contributed by atoms with Gasteiger partial charge in [0, 0.05) is 6.54 Å². The Morgan fingerprint density at radius 3 is 2.61 bits per heavy atom. The lowest BCUT2D eigenvalue weighted by atomic mass is 10.2. The zero-order valence-corrected chi connectivity index (χ0v) is 11.8. The molecule has 98 valence electrons. The lowest BCUT2D eigenvalue weighted by Crippen LogP contribution is -2.34. The van der Waals surface area contributed by atoms with Gasteiger partial charge in [0.15, 0.2) is 5.11 Å². The van der Waals surface area contributed by atoms with Crippen LogP contribution in [0, 0.1) is 5.92 Å². The molecule has 0 unspecified atom stereocenters. The lowest BCUT2D eigenvalue weighted by molar-refractivity contribution is 0.415. The fourth-order valence-corrected chi connectivity index (χ4v) is 1.33. The second-order valence-corrected chi connectivity index (χ2v) is 4.66. The molecule has 0 spiro atoms. The molecule has 0 aromatic heterocycles. The van der Waals surface area contributed by atoms with E-state index in [1.54, 1.807) is 13.3 Å². The molecule has 0 fully saturated rings. The lowest BCUT2D eigenvalue weighted by Gasteiger charge is -2.08. The maximum Gasteiger partial charge on any atom is 0.186 e. The Bertz CT molecular complexity index is 401. The number of hydrazone groups is 1. The van der Waals surface area contributed by atoms with Gasteiger partial charge in [-0.2, -0.15) is 5.10 Å². The topological polar surface area (TPSA) is 45.6 Å². The molecule has 18 heavy (non-hydrogen) atoms. The minimum atomic E-state index is 0.536. The van der Waals surface area contributed by atoms with Gasteiger partial charge < -0.3 is 10.1 Å². The van der Waals surface area contributed by atoms with Gasteiger partial charge >= 0.3 is 0 Å². The van der Waals surface area contributed by atoms with Crippen molar-refractivity contribution in [2.24, 2.45) is 11.0 Å². The average Bonchev–Trinajstić information content (AvgIpc) is 2.37. The minimum absolute atomic E-state index is 0.536. The molecule has 0 radical (unpaired) electrons. The zero-order chi connectivity index (χ0) is 13.4. The van der Waals surface area contributed by atoms with Crippen molar-refractivity contribution in [2.75, 3.05) is 13.7 Å². The van der Waals surface area contributed by atoms with Crippen molar-refractivity contribution in [3.8, 4) is 5.75 Å². The van der Waals surface area contributed by atoms with Crippen LogP contribution >= 0.6 is 12.2 Å². The standard InChI is InChI=1S/C13H19N3OS/c1-10(2)8-14-13(18)16-15-9-11-4-6-12(17-3)7-5-11/h4-7,9-10H,8H2,1-3H3,(H2,14,16,18)/b15-9+. The van der Waals surface area contributed by atoms with Crippen molar-refractivity contribution in [2.45, 2.75) is 13.8 Å². The predicted octanol–water partition coefficient (Wildman–Crippen LogP) is 2.15. The minimum Gasteiger partial charge on any atom is -0.497 e. The van der Waals surface area contributed by atoms with E-state index >= 15 is 0 Å². The molecular weight excluding hydrogens is 246 g/mol. The third kappa shape index (κ3) is 5.63. The number of methoxy groups -OCH3 is 1. The molecule has 0 saturated heterocycles. The normalized spacial score (nSPS) is 10.7. The molecule has 0 heterocycles. The first-order chi connectivity index (χ1) is 8.61. The number of rotatable bonds is 5. The van der Waals surface area contributed by atoms with Crippen LogP contribution in [0.2, 0.25) is 0 Å². The molecule has 4 nitrogen and oxygen atoms in total. The van der Waals surface area contributed by atoms with Gasteiger partial charge in [-0.3, -0.25) is 5.43 Å². The number of hydrogen-bond donors (Lipinski definition) is 2. The van der Waals surface area contributed by atoms with Gasteiger partial charge in [-0.25, -0.2) is 0 Å². The molecule has 0 aliphatic heterocycles. The molecule has 2 N–H and O–H groups in total. The van der Waals surface area contributed by atoms with Crippen LogP contribution in [-0.4, -0.2) is 25.0 Å². The molecule has 1 rings (SSSR count). The van der Waals surface area contributed by atoms with Crippen LogP contribution in [0.1, 0.15) is 19.4 Å². The van der Waals surface area contributed by atoms with Crippen molar-refractivity contribution in [3.63, 3.8) is 0 Å². The van der Waals surface area contributed by atoms with Crippen LogP contribution in [0.3, 0.4) is 0 Å². The monoisotopic (exact) mass is 265 g/mol.